The highest BCUT2D eigenvalue weighted by Crippen LogP contribution is 2.45. The zero-order valence-electron chi connectivity index (χ0n) is 29.7. The molecule has 0 aliphatic rings. The van der Waals surface area contributed by atoms with Gasteiger partial charge in [-0.1, -0.05) is 126 Å². The van der Waals surface area contributed by atoms with E-state index < -0.39 is 11.6 Å². The van der Waals surface area contributed by atoms with Crippen LogP contribution in [0, 0.1) is 0 Å². The molecular formula is C39H56O6. The summed E-state index contributed by atoms with van der Waals surface area (Å²) in [6, 6.07) is 16.4. The van der Waals surface area contributed by atoms with Gasteiger partial charge in [-0.3, -0.25) is 0 Å². The molecule has 0 saturated carbocycles. The van der Waals surface area contributed by atoms with E-state index in [4.69, 9.17) is 15.0 Å². The Bertz CT molecular complexity index is 1400. The molecule has 3 aromatic carbocycles. The molecule has 0 aromatic heterocycles. The van der Waals surface area contributed by atoms with E-state index in [1.807, 2.05) is 24.3 Å². The Morgan fingerprint density at radius 1 is 0.533 bits per heavy atom. The summed E-state index contributed by atoms with van der Waals surface area (Å²) in [6.45, 7) is 27.9. The van der Waals surface area contributed by atoms with Gasteiger partial charge in [-0.15, -0.1) is 0 Å². The summed E-state index contributed by atoms with van der Waals surface area (Å²) in [6.07, 6.45) is -0.214. The Morgan fingerprint density at radius 3 is 1.13 bits per heavy atom. The molecule has 6 nitrogen and oxygen atoms in total. The van der Waals surface area contributed by atoms with E-state index >= 15 is 0 Å². The Balaban J connectivity index is 0.00000166. The van der Waals surface area contributed by atoms with Gasteiger partial charge in [-0.25, -0.2) is 4.79 Å². The lowest BCUT2D eigenvalue weighted by Crippen LogP contribution is -2.27. The summed E-state index contributed by atoms with van der Waals surface area (Å²) in [5.74, 6) is 1.03. The average Bonchev–Trinajstić information content (AvgIpc) is 2.85. The van der Waals surface area contributed by atoms with Crippen molar-refractivity contribution in [2.45, 2.75) is 130 Å². The van der Waals surface area contributed by atoms with Gasteiger partial charge >= 0.3 is 6.16 Å². The molecule has 45 heavy (non-hydrogen) atoms. The summed E-state index contributed by atoms with van der Waals surface area (Å²) in [5, 5.41) is 46.8. The number of carboxylic acid groups (broad SMARTS) is 2. The van der Waals surface area contributed by atoms with Crippen LogP contribution in [-0.4, -0.2) is 31.7 Å². The summed E-state index contributed by atoms with van der Waals surface area (Å²) < 4.78 is 0. The van der Waals surface area contributed by atoms with Gasteiger partial charge in [0.15, 0.2) is 0 Å². The SMILES string of the molecule is CC(C)(C)c1cc(C(C)(CCc2cc(C(C)(C)C)c(O)c(C(C)(C)C)c2)c2ccc(O)c(C(C)(C)C)c2)ccc1O.O=C(O)O. The fourth-order valence-corrected chi connectivity index (χ4v) is 5.79. The van der Waals surface area contributed by atoms with Crippen molar-refractivity contribution in [3.05, 3.63) is 87.5 Å². The number of benzene rings is 3. The quantitative estimate of drug-likeness (QED) is 0.194. The molecular weight excluding hydrogens is 564 g/mol. The Hall–Kier alpha value is -3.67. The number of carbonyl (C=O) groups is 1. The first-order valence-electron chi connectivity index (χ1n) is 15.7. The molecule has 3 rings (SSSR count). The third-order valence-corrected chi connectivity index (χ3v) is 8.58. The van der Waals surface area contributed by atoms with Gasteiger partial charge in [0.1, 0.15) is 17.2 Å². The van der Waals surface area contributed by atoms with Gasteiger partial charge in [0, 0.05) is 5.41 Å². The summed E-state index contributed by atoms with van der Waals surface area (Å²) >= 11 is 0. The second-order valence-corrected chi connectivity index (χ2v) is 16.6. The number of aryl methyl sites for hydroxylation is 1. The van der Waals surface area contributed by atoms with Crippen LogP contribution < -0.4 is 0 Å². The van der Waals surface area contributed by atoms with Gasteiger partial charge in [-0.05, 0) is 85.6 Å². The fourth-order valence-electron chi connectivity index (χ4n) is 5.79. The maximum atomic E-state index is 11.3. The molecule has 0 amide bonds. The first-order chi connectivity index (χ1) is 20.2. The van der Waals surface area contributed by atoms with Crippen molar-refractivity contribution in [3.63, 3.8) is 0 Å². The van der Waals surface area contributed by atoms with Crippen molar-refractivity contribution >= 4 is 6.16 Å². The molecule has 0 aliphatic heterocycles. The topological polar surface area (TPSA) is 118 Å². The van der Waals surface area contributed by atoms with E-state index in [1.165, 1.54) is 5.56 Å². The smallest absolute Gasteiger partial charge is 0.503 e. The number of phenols is 3. The highest BCUT2D eigenvalue weighted by atomic mass is 16.6. The number of phenolic OH excluding ortho intramolecular Hbond substituents is 3. The van der Waals surface area contributed by atoms with Crippen molar-refractivity contribution < 1.29 is 30.3 Å². The van der Waals surface area contributed by atoms with Crippen molar-refractivity contribution in [1.29, 1.82) is 0 Å². The minimum Gasteiger partial charge on any atom is -0.508 e. The van der Waals surface area contributed by atoms with Gasteiger partial charge in [0.25, 0.3) is 0 Å². The van der Waals surface area contributed by atoms with Crippen LogP contribution in [0.25, 0.3) is 0 Å². The van der Waals surface area contributed by atoms with E-state index in [2.05, 4.69) is 114 Å². The lowest BCUT2D eigenvalue weighted by atomic mass is 9.69. The van der Waals surface area contributed by atoms with Gasteiger partial charge in [0.05, 0.1) is 0 Å². The monoisotopic (exact) mass is 620 g/mol. The first kappa shape index (κ1) is 37.5. The molecule has 0 aliphatic carbocycles. The maximum Gasteiger partial charge on any atom is 0.503 e. The molecule has 0 fully saturated rings. The normalized spacial score (nSPS) is 12.8. The second kappa shape index (κ2) is 13.0. The molecule has 6 heteroatoms. The average molecular weight is 621 g/mol. The van der Waals surface area contributed by atoms with E-state index in [9.17, 15) is 15.3 Å². The molecule has 0 spiro atoms. The Labute approximate surface area is 270 Å². The molecule has 0 radical (unpaired) electrons. The Kier molecular flexibility index (Phi) is 10.8. The zero-order chi connectivity index (χ0) is 34.9. The van der Waals surface area contributed by atoms with E-state index in [-0.39, 0.29) is 21.7 Å². The number of hydrogen-bond donors (Lipinski definition) is 5. The highest BCUT2D eigenvalue weighted by molar-refractivity contribution is 5.53. The zero-order valence-corrected chi connectivity index (χ0v) is 29.7. The third-order valence-electron chi connectivity index (χ3n) is 8.58. The molecule has 0 heterocycles. The standard InChI is InChI=1S/C38H54O3.CH2O3/c1-34(2,3)27-22-25(14-16-31(27)39)38(13,26-15-17-32(40)28(23-26)35(4,5)6)19-18-24-20-29(36(7,8)9)33(41)30(21-24)37(10,11)12;2-1(3)4/h14-17,20-23,39-41H,18-19H2,1-13H3;(H2,2,3,4). The van der Waals surface area contributed by atoms with Gasteiger partial charge < -0.3 is 25.5 Å². The molecule has 0 bridgehead atoms. The maximum absolute atomic E-state index is 11.3. The lowest BCUT2D eigenvalue weighted by molar-refractivity contribution is 0.137. The van der Waals surface area contributed by atoms with Crippen LogP contribution in [0.4, 0.5) is 4.79 Å². The minimum absolute atomic E-state index is 0.194. The number of hydrogen-bond acceptors (Lipinski definition) is 4. The largest absolute Gasteiger partial charge is 0.508 e. The summed E-state index contributed by atoms with van der Waals surface area (Å²) in [5.41, 5.74) is 6.05. The first-order valence-corrected chi connectivity index (χ1v) is 15.7. The van der Waals surface area contributed by atoms with E-state index in [0.29, 0.717) is 17.2 Å². The van der Waals surface area contributed by atoms with Crippen LogP contribution in [0.3, 0.4) is 0 Å². The molecule has 0 unspecified atom stereocenters. The van der Waals surface area contributed by atoms with Crippen LogP contribution in [0.15, 0.2) is 48.5 Å². The molecule has 3 aromatic rings. The summed E-state index contributed by atoms with van der Waals surface area (Å²) in [7, 11) is 0. The van der Waals surface area contributed by atoms with Crippen LogP contribution in [-0.2, 0) is 33.5 Å². The molecule has 248 valence electrons. The van der Waals surface area contributed by atoms with E-state index in [0.717, 1.165) is 46.2 Å². The second-order valence-electron chi connectivity index (χ2n) is 16.6. The van der Waals surface area contributed by atoms with Crippen molar-refractivity contribution in [3.8, 4) is 17.2 Å². The highest BCUT2D eigenvalue weighted by Gasteiger charge is 2.34. The number of aromatic hydroxyl groups is 3. The van der Waals surface area contributed by atoms with Crippen molar-refractivity contribution in [2.24, 2.45) is 0 Å². The minimum atomic E-state index is -1.83. The molecule has 0 saturated heterocycles. The van der Waals surface area contributed by atoms with Crippen LogP contribution >= 0.6 is 0 Å². The van der Waals surface area contributed by atoms with E-state index in [1.54, 1.807) is 0 Å². The lowest BCUT2D eigenvalue weighted by Gasteiger charge is -2.35. The predicted molar refractivity (Wildman–Crippen MR) is 185 cm³/mol. The molecule has 0 atom stereocenters. The van der Waals surface area contributed by atoms with Crippen molar-refractivity contribution in [2.75, 3.05) is 0 Å². The van der Waals surface area contributed by atoms with Crippen molar-refractivity contribution in [1.82, 2.24) is 0 Å². The molecule has 5 N–H and O–H groups in total. The fraction of sp³-hybridized carbons (Fsp3) is 0.513. The number of rotatable bonds is 5. The van der Waals surface area contributed by atoms with Gasteiger partial charge in [-0.2, -0.15) is 0 Å². The van der Waals surface area contributed by atoms with Crippen LogP contribution in [0.5, 0.6) is 17.2 Å². The van der Waals surface area contributed by atoms with Crippen LogP contribution in [0.1, 0.15) is 135 Å². The van der Waals surface area contributed by atoms with Gasteiger partial charge in [0.2, 0.25) is 0 Å². The summed E-state index contributed by atoms with van der Waals surface area (Å²) in [4.78, 5) is 8.56. The van der Waals surface area contributed by atoms with Crippen LogP contribution in [0.2, 0.25) is 0 Å². The predicted octanol–water partition coefficient (Wildman–Crippen LogP) is 10.2. The third kappa shape index (κ3) is 9.18. The Morgan fingerprint density at radius 2 is 0.844 bits per heavy atom.